The van der Waals surface area contributed by atoms with Crippen molar-refractivity contribution in [2.75, 3.05) is 4.90 Å². The van der Waals surface area contributed by atoms with Crippen molar-refractivity contribution in [3.8, 4) is 0 Å². The van der Waals surface area contributed by atoms with Crippen molar-refractivity contribution in [1.82, 2.24) is 0 Å². The molecular weight excluding hydrogens is 667 g/mol. The molecule has 0 saturated carbocycles. The molecule has 2 nitrogen and oxygen atoms in total. The summed E-state index contributed by atoms with van der Waals surface area (Å²) < 4.78 is 6.63. The van der Waals surface area contributed by atoms with E-state index in [1.54, 1.807) is 0 Å². The number of furan rings is 1. The molecular formula is C53H43NO. The van der Waals surface area contributed by atoms with E-state index in [0.29, 0.717) is 11.8 Å². The molecule has 0 saturated heterocycles. The lowest BCUT2D eigenvalue weighted by atomic mass is 9.62. The van der Waals surface area contributed by atoms with Gasteiger partial charge in [0, 0.05) is 44.9 Å². The first-order valence-electron chi connectivity index (χ1n) is 20.1. The number of allylic oxidation sites excluding steroid dienone is 10. The molecule has 1 heterocycles. The van der Waals surface area contributed by atoms with Gasteiger partial charge in [0.05, 0.1) is 5.69 Å². The summed E-state index contributed by atoms with van der Waals surface area (Å²) in [5.74, 6) is 0.860. The molecule has 1 aromatic heterocycles. The van der Waals surface area contributed by atoms with Gasteiger partial charge >= 0.3 is 0 Å². The maximum atomic E-state index is 6.63. The van der Waals surface area contributed by atoms with Crippen molar-refractivity contribution in [3.05, 3.63) is 215 Å². The van der Waals surface area contributed by atoms with Gasteiger partial charge in [-0.3, -0.25) is 0 Å². The van der Waals surface area contributed by atoms with Crippen molar-refractivity contribution in [1.29, 1.82) is 0 Å². The lowest BCUT2D eigenvalue weighted by Gasteiger charge is -2.41. The van der Waals surface area contributed by atoms with Crippen molar-refractivity contribution >= 4 is 44.1 Å². The number of anilines is 2. The smallest absolute Gasteiger partial charge is 0.138 e. The SMILES string of the molecule is C1=CCCC(C2=CC=C(N(c3ccc(C4(c5ccccc5)c5ccccc5C5C=CCCC54)cc3)c3cc4oc5ccccc5c4c4ccccc34)CC2)=C1. The molecule has 0 aliphatic heterocycles. The van der Waals surface area contributed by atoms with E-state index in [-0.39, 0.29) is 5.41 Å². The summed E-state index contributed by atoms with van der Waals surface area (Å²) in [6.07, 6.45) is 23.0. The maximum absolute atomic E-state index is 6.63. The Bertz CT molecular complexity index is 2770. The second-order valence-corrected chi connectivity index (χ2v) is 15.7. The Kier molecular flexibility index (Phi) is 7.65. The first kappa shape index (κ1) is 32.3. The zero-order valence-corrected chi connectivity index (χ0v) is 31.0. The van der Waals surface area contributed by atoms with Crippen LogP contribution in [-0.2, 0) is 5.41 Å². The molecule has 0 N–H and O–H groups in total. The minimum atomic E-state index is -0.236. The van der Waals surface area contributed by atoms with E-state index in [4.69, 9.17) is 4.42 Å². The van der Waals surface area contributed by atoms with Gasteiger partial charge in [-0.1, -0.05) is 146 Å². The Morgan fingerprint density at radius 2 is 1.33 bits per heavy atom. The lowest BCUT2D eigenvalue weighted by Crippen LogP contribution is -2.36. The van der Waals surface area contributed by atoms with Gasteiger partial charge in [0.25, 0.3) is 0 Å². The largest absolute Gasteiger partial charge is 0.456 e. The number of hydrogen-bond donors (Lipinski definition) is 0. The number of fused-ring (bicyclic) bond motifs is 8. The molecule has 4 aliphatic carbocycles. The predicted molar refractivity (Wildman–Crippen MR) is 229 cm³/mol. The molecule has 11 rings (SSSR count). The average Bonchev–Trinajstić information content (AvgIpc) is 3.79. The highest BCUT2D eigenvalue weighted by molar-refractivity contribution is 6.22. The van der Waals surface area contributed by atoms with E-state index in [0.717, 1.165) is 60.8 Å². The van der Waals surface area contributed by atoms with Gasteiger partial charge < -0.3 is 9.32 Å². The first-order chi connectivity index (χ1) is 27.3. The summed E-state index contributed by atoms with van der Waals surface area (Å²) in [6.45, 7) is 0. The normalized spacial score (nSPS) is 21.6. The molecule has 0 radical (unpaired) electrons. The highest BCUT2D eigenvalue weighted by Gasteiger charge is 2.53. The molecule has 4 aliphatic rings. The quantitative estimate of drug-likeness (QED) is 0.160. The molecule has 6 aromatic carbocycles. The molecule has 3 unspecified atom stereocenters. The van der Waals surface area contributed by atoms with Crippen LogP contribution in [0.25, 0.3) is 32.7 Å². The van der Waals surface area contributed by atoms with Gasteiger partial charge in [-0.25, -0.2) is 0 Å². The van der Waals surface area contributed by atoms with Crippen LogP contribution in [-0.4, -0.2) is 0 Å². The van der Waals surface area contributed by atoms with Crippen LogP contribution in [0.4, 0.5) is 11.4 Å². The Balaban J connectivity index is 1.12. The molecule has 2 heteroatoms. The van der Waals surface area contributed by atoms with Crippen LogP contribution in [0.15, 0.2) is 197 Å². The minimum Gasteiger partial charge on any atom is -0.456 e. The fraction of sp³-hybridized carbons (Fsp3) is 0.170. The number of benzene rings is 6. The summed E-state index contributed by atoms with van der Waals surface area (Å²) in [7, 11) is 0. The molecule has 0 bridgehead atoms. The standard InChI is InChI=1S/C53H43NO/c1-3-15-36(16-4-1)37-27-31-40(32-28-37)54(49-35-51-52(45-22-8-7-21-44(45)49)46-23-11-14-26-50(46)55-51)41-33-29-39(30-34-41)53(38-17-5-2-6-18-38)47-24-12-9-19-42(47)43-20-10-13-25-48(43)53/h1-3,5-12,14-15,17-24,26-27,29-31,33-35,43,48H,4,13,16,25,28,32H2. The maximum Gasteiger partial charge on any atom is 0.138 e. The van der Waals surface area contributed by atoms with Crippen LogP contribution < -0.4 is 4.90 Å². The highest BCUT2D eigenvalue weighted by atomic mass is 16.3. The van der Waals surface area contributed by atoms with E-state index < -0.39 is 0 Å². The Morgan fingerprint density at radius 3 is 2.15 bits per heavy atom. The lowest BCUT2D eigenvalue weighted by molar-refractivity contribution is 0.345. The van der Waals surface area contributed by atoms with Crippen LogP contribution in [0.3, 0.4) is 0 Å². The zero-order chi connectivity index (χ0) is 36.3. The summed E-state index contributed by atoms with van der Waals surface area (Å²) in [4.78, 5) is 2.52. The third-order valence-electron chi connectivity index (χ3n) is 13.0. The fourth-order valence-corrected chi connectivity index (χ4v) is 10.6. The summed E-state index contributed by atoms with van der Waals surface area (Å²) in [5, 5.41) is 4.79. The van der Waals surface area contributed by atoms with E-state index in [9.17, 15) is 0 Å². The predicted octanol–water partition coefficient (Wildman–Crippen LogP) is 14.2. The third kappa shape index (κ3) is 5.01. The zero-order valence-electron chi connectivity index (χ0n) is 31.0. The number of rotatable bonds is 6. The van der Waals surface area contributed by atoms with Crippen LogP contribution in [0.5, 0.6) is 0 Å². The van der Waals surface area contributed by atoms with Crippen LogP contribution in [0.2, 0.25) is 0 Å². The molecule has 0 fully saturated rings. The topological polar surface area (TPSA) is 16.4 Å². The highest BCUT2D eigenvalue weighted by Crippen LogP contribution is 2.61. The number of hydrogen-bond acceptors (Lipinski definition) is 2. The monoisotopic (exact) mass is 709 g/mol. The Labute approximate surface area is 323 Å². The van der Waals surface area contributed by atoms with Crippen molar-refractivity contribution in [3.63, 3.8) is 0 Å². The average molecular weight is 710 g/mol. The van der Waals surface area contributed by atoms with Gasteiger partial charge in [0.15, 0.2) is 0 Å². The van der Waals surface area contributed by atoms with E-state index >= 15 is 0 Å². The fourth-order valence-electron chi connectivity index (χ4n) is 10.6. The Morgan fingerprint density at radius 1 is 0.582 bits per heavy atom. The molecule has 0 spiro atoms. The molecule has 55 heavy (non-hydrogen) atoms. The summed E-state index contributed by atoms with van der Waals surface area (Å²) in [5.41, 5.74) is 13.8. The van der Waals surface area contributed by atoms with Gasteiger partial charge in [-0.2, -0.15) is 0 Å². The van der Waals surface area contributed by atoms with Crippen LogP contribution in [0.1, 0.15) is 66.7 Å². The first-order valence-corrected chi connectivity index (χ1v) is 20.1. The third-order valence-corrected chi connectivity index (χ3v) is 13.0. The summed E-state index contributed by atoms with van der Waals surface area (Å²) >= 11 is 0. The van der Waals surface area contributed by atoms with Crippen LogP contribution in [0, 0.1) is 5.92 Å². The second kappa shape index (κ2) is 13.0. The van der Waals surface area contributed by atoms with E-state index in [1.165, 1.54) is 60.9 Å². The van der Waals surface area contributed by atoms with Crippen LogP contribution >= 0.6 is 0 Å². The van der Waals surface area contributed by atoms with Crippen molar-refractivity contribution < 1.29 is 4.42 Å². The van der Waals surface area contributed by atoms with Crippen molar-refractivity contribution in [2.24, 2.45) is 5.92 Å². The Hall–Kier alpha value is -6.12. The van der Waals surface area contributed by atoms with Gasteiger partial charge in [-0.15, -0.1) is 0 Å². The number of nitrogens with zero attached hydrogens (tertiary/aromatic N) is 1. The molecule has 3 atom stereocenters. The molecule has 0 amide bonds. The van der Waals surface area contributed by atoms with Gasteiger partial charge in [0.2, 0.25) is 0 Å². The molecule has 266 valence electrons. The van der Waals surface area contributed by atoms with E-state index in [1.807, 2.05) is 0 Å². The van der Waals surface area contributed by atoms with Gasteiger partial charge in [0.1, 0.15) is 11.2 Å². The second-order valence-electron chi connectivity index (χ2n) is 15.7. The summed E-state index contributed by atoms with van der Waals surface area (Å²) in [6, 6.07) is 49.8. The van der Waals surface area contributed by atoms with Crippen molar-refractivity contribution in [2.45, 2.75) is 49.9 Å². The van der Waals surface area contributed by atoms with Gasteiger partial charge in [-0.05, 0) is 108 Å². The minimum absolute atomic E-state index is 0.236. The van der Waals surface area contributed by atoms with E-state index in [2.05, 4.69) is 181 Å². The number of para-hydroxylation sites is 1. The molecule has 7 aromatic rings.